The number of nitrogens with one attached hydrogen (secondary N) is 2. The summed E-state index contributed by atoms with van der Waals surface area (Å²) in [6.07, 6.45) is 7.94. The van der Waals surface area contributed by atoms with Crippen LogP contribution in [0.15, 0.2) is 143 Å². The molecule has 8 N–H and O–H groups in total. The smallest absolute Gasteiger partial charge is 0.444 e. The topological polar surface area (TPSA) is 328 Å². The van der Waals surface area contributed by atoms with E-state index in [1.807, 2.05) is 175 Å². The summed E-state index contributed by atoms with van der Waals surface area (Å²) in [5.41, 5.74) is 23.1. The molecule has 0 saturated carbocycles. The summed E-state index contributed by atoms with van der Waals surface area (Å²) in [6, 6.07) is 32.8. The van der Waals surface area contributed by atoms with Crippen LogP contribution in [-0.2, 0) is 48.1 Å². The minimum atomic E-state index is -1.48. The van der Waals surface area contributed by atoms with Gasteiger partial charge < -0.3 is 70.4 Å². The van der Waals surface area contributed by atoms with Crippen molar-refractivity contribution in [1.82, 2.24) is 74.2 Å². The van der Waals surface area contributed by atoms with Crippen molar-refractivity contribution in [3.05, 3.63) is 181 Å². The monoisotopic (exact) mass is 1680 g/mol. The summed E-state index contributed by atoms with van der Waals surface area (Å²) in [4.78, 5) is 44.8. The third-order valence-corrected chi connectivity index (χ3v) is 18.9. The van der Waals surface area contributed by atoms with Crippen LogP contribution in [0.25, 0.3) is 44.5 Å². The maximum absolute atomic E-state index is 11.8. The number of anilines is 3. The van der Waals surface area contributed by atoms with Crippen molar-refractivity contribution in [2.24, 2.45) is 5.73 Å². The molecule has 2 amide bonds. The Labute approximate surface area is 669 Å². The van der Waals surface area contributed by atoms with Gasteiger partial charge in [-0.05, 0) is 184 Å². The van der Waals surface area contributed by atoms with Crippen LogP contribution in [0.2, 0.25) is 10.0 Å². The Bertz CT molecular complexity index is 4680. The van der Waals surface area contributed by atoms with E-state index in [0.29, 0.717) is 75.5 Å². The second-order valence-corrected chi connectivity index (χ2v) is 30.2. The Morgan fingerprint density at radius 3 is 1.45 bits per heavy atom. The number of hydrogen-bond donors (Lipinski definition) is 6. The average molecular weight is 1680 g/mol. The molecule has 0 aliphatic rings. The van der Waals surface area contributed by atoms with E-state index in [9.17, 15) is 9.59 Å². The maximum atomic E-state index is 11.8. The first kappa shape index (κ1) is 88.6. The summed E-state index contributed by atoms with van der Waals surface area (Å²) in [7, 11) is 13.5. The van der Waals surface area contributed by atoms with Crippen LogP contribution in [0.5, 0.6) is 0 Å². The molecule has 0 radical (unpaired) electrons. The number of fused-ring (bicyclic) bond motifs is 4. The molecule has 0 fully saturated rings. The number of nitrogens with zero attached hydrogens (tertiary/aromatic N) is 15. The zero-order valence-corrected chi connectivity index (χ0v) is 69.9. The first-order chi connectivity index (χ1) is 52.3. The molecule has 11 rings (SSSR count). The molecule has 11 aromatic rings. The van der Waals surface area contributed by atoms with Crippen LogP contribution in [0.4, 0.5) is 27.0 Å². The van der Waals surface area contributed by atoms with Gasteiger partial charge in [-0.25, -0.2) is 33.9 Å². The number of aryl methyl sites for hydroxylation is 2. The molecule has 0 aliphatic heterocycles. The number of alkyl carbamates (subject to hydrolysis) is 2. The normalized spacial score (nSPS) is 12.0. The van der Waals surface area contributed by atoms with E-state index in [0.717, 1.165) is 111 Å². The van der Waals surface area contributed by atoms with E-state index < -0.39 is 30.5 Å². The molecule has 0 saturated heterocycles. The molecule has 0 aliphatic carbocycles. The summed E-state index contributed by atoms with van der Waals surface area (Å²) < 4.78 is 41.1. The largest absolute Gasteiger partial charge is 0.489 e. The number of pyridine rings is 3. The molecule has 7 aromatic heterocycles. The molecule has 110 heavy (non-hydrogen) atoms. The first-order valence-electron chi connectivity index (χ1n) is 35.3. The number of aromatic nitrogens is 11. The third-order valence-electron chi connectivity index (χ3n) is 16.8. The molecular weight excluding hydrogens is 1580 g/mol. The number of methoxy groups -OCH3 is 4. The number of nitrogen functional groups attached to an aromatic ring is 1. The van der Waals surface area contributed by atoms with Crippen molar-refractivity contribution < 1.29 is 48.1 Å². The van der Waals surface area contributed by atoms with Crippen molar-refractivity contribution in [1.29, 1.82) is 0 Å². The van der Waals surface area contributed by atoms with Crippen molar-refractivity contribution in [3.63, 3.8) is 0 Å². The average Bonchev–Trinajstić information content (AvgIpc) is 1.59. The van der Waals surface area contributed by atoms with Crippen molar-refractivity contribution >= 4 is 131 Å². The van der Waals surface area contributed by atoms with E-state index >= 15 is 0 Å². The number of hydrogen-bond acceptors (Lipinski definition) is 23. The van der Waals surface area contributed by atoms with Gasteiger partial charge in [0.15, 0.2) is 0 Å². The number of amides is 2. The number of nitrogens with two attached hydrogens (primary N) is 2. The molecule has 0 bridgehead atoms. The molecule has 2 atom stereocenters. The van der Waals surface area contributed by atoms with Crippen molar-refractivity contribution in [3.8, 4) is 11.1 Å². The fourth-order valence-corrected chi connectivity index (χ4v) is 12.6. The van der Waals surface area contributed by atoms with Gasteiger partial charge in [-0.1, -0.05) is 82.2 Å². The number of imidazole rings is 2. The van der Waals surface area contributed by atoms with Gasteiger partial charge in [-0.2, -0.15) is 0 Å². The van der Waals surface area contributed by atoms with Gasteiger partial charge in [0, 0.05) is 143 Å². The predicted molar refractivity (Wildman–Crippen MR) is 442 cm³/mol. The van der Waals surface area contributed by atoms with Gasteiger partial charge in [-0.15, -0.1) is 10.2 Å². The number of benzene rings is 4. The number of rotatable bonds is 26. The van der Waals surface area contributed by atoms with Gasteiger partial charge in [0.1, 0.15) is 63.3 Å². The molecule has 4 aromatic carbocycles. The Hall–Kier alpha value is -8.61. The maximum Gasteiger partial charge on any atom is 0.489 e. The fourth-order valence-electron chi connectivity index (χ4n) is 11.1. The number of likely N-dealkylation sites (N-methyl/N-ethyl adjacent to an activating group) is 4. The van der Waals surface area contributed by atoms with Gasteiger partial charge in [0.2, 0.25) is 0 Å². The summed E-state index contributed by atoms with van der Waals surface area (Å²) in [6.45, 7) is 21.4. The summed E-state index contributed by atoms with van der Waals surface area (Å²) in [5, 5.41) is 42.0. The molecular formula is C76H102BBr2Cl2N19O10. The zero-order chi connectivity index (χ0) is 80.6. The standard InChI is InChI=1S/C22H30N8O2.C19H23ClN4O.C17H25BrN4O3.C11H16BrN3O2.C7H8BClO2/c1-27(13-15-31-3)21(29-19-11-7-5-9-17(19)23-25-29)22(28(2)14-16-32-4)30-20-12-8-6-10-18(20)24-26-30;1-13-4-5-15(17(20)8-13)16-12-24-18(9-14(16)10-21)22-11-19(24)23(2)6-7-25-3;1-17(2,3)25-16(23)20-9-12-8-14-19-10-15(21(4)6-7-24-5)22(14)11-13(12)18;1-11(2,3)17-10(16)15-5-7-4-9(13)14-6-8(7)12;1-5-2-3-6(8(10)11)7(9)4-5/h5-12,21-22H,13-16H2,1-4H3;4-5,8-9,11-12H,6-7,10,21H2,1-3H3;8,10-11H,6-7,9H2,1-5H3,(H,20,23);4,6H,5H2,1-3H3,(H2,13,14)(H,15,16);2-4,10-11H,1H3. The highest BCUT2D eigenvalue weighted by Gasteiger charge is 2.36. The van der Waals surface area contributed by atoms with E-state index in [1.54, 1.807) is 58.9 Å². The van der Waals surface area contributed by atoms with Crippen molar-refractivity contribution in [2.45, 2.75) is 98.6 Å². The number of carbonyl (C=O) groups is 2. The number of halogens is 4. The Morgan fingerprint density at radius 1 is 0.564 bits per heavy atom. The minimum Gasteiger partial charge on any atom is -0.444 e. The quantitative estimate of drug-likeness (QED) is 0.0274. The molecule has 7 heterocycles. The van der Waals surface area contributed by atoms with Crippen LogP contribution >= 0.6 is 55.1 Å². The lowest BCUT2D eigenvalue weighted by Gasteiger charge is -2.39. The highest BCUT2D eigenvalue weighted by molar-refractivity contribution is 9.10. The first-order valence-corrected chi connectivity index (χ1v) is 37.6. The molecule has 2 unspecified atom stereocenters. The number of carbonyl (C=O) groups excluding carboxylic acids is 2. The lowest BCUT2D eigenvalue weighted by Crippen LogP contribution is -2.46. The Kier molecular flexibility index (Phi) is 34.0. The van der Waals surface area contributed by atoms with Crippen LogP contribution < -0.4 is 37.4 Å². The highest BCUT2D eigenvalue weighted by atomic mass is 79.9. The van der Waals surface area contributed by atoms with Gasteiger partial charge >= 0.3 is 19.3 Å². The van der Waals surface area contributed by atoms with Gasteiger partial charge in [0.25, 0.3) is 0 Å². The van der Waals surface area contributed by atoms with Crippen LogP contribution in [-0.4, -0.2) is 213 Å². The van der Waals surface area contributed by atoms with Gasteiger partial charge in [0.05, 0.1) is 49.9 Å². The van der Waals surface area contributed by atoms with Crippen molar-refractivity contribution in [2.75, 3.05) is 125 Å². The fraction of sp³-hybridized carbons (Fsp3) is 0.408. The third kappa shape index (κ3) is 25.5. The zero-order valence-electron chi connectivity index (χ0n) is 65.2. The van der Waals surface area contributed by atoms with Crippen LogP contribution in [0, 0.1) is 13.8 Å². The lowest BCUT2D eigenvalue weighted by molar-refractivity contribution is -0.00772. The second-order valence-electron chi connectivity index (χ2n) is 27.7. The number of ether oxygens (including phenoxy) is 6. The minimum absolute atomic E-state index is 0.232. The highest BCUT2D eigenvalue weighted by Crippen LogP contribution is 2.35. The predicted octanol–water partition coefficient (Wildman–Crippen LogP) is 11.5. The lowest BCUT2D eigenvalue weighted by atomic mass is 9.80. The van der Waals surface area contributed by atoms with E-state index in [-0.39, 0.29) is 12.3 Å². The van der Waals surface area contributed by atoms with E-state index in [2.05, 4.69) is 128 Å². The Morgan fingerprint density at radius 2 is 1.00 bits per heavy atom. The molecule has 592 valence electrons. The SMILES string of the molecule is CC(C)(C)OC(=O)NCc1cc(N)ncc1Br.COCCN(C)C(C(N(C)CCOC)n1nnc2ccccc21)n1nnc2ccccc21.COCCN(C)c1cnc2cc(CN)c(-c3ccc(C)cc3Cl)cn12.COCCN(C)c1cnc2cc(CNC(=O)OC(C)(C)C)c(Br)cn12.Cc1ccc(B(O)O)c(Cl)c1. The summed E-state index contributed by atoms with van der Waals surface area (Å²) >= 11 is 19.1. The molecule has 34 heteroatoms. The van der Waals surface area contributed by atoms with E-state index in [1.165, 1.54) is 0 Å². The summed E-state index contributed by atoms with van der Waals surface area (Å²) in [5.74, 6) is 2.38. The number of para-hydroxylation sites is 2. The molecule has 0 spiro atoms. The van der Waals surface area contributed by atoms with Gasteiger partial charge in [-0.3, -0.25) is 18.6 Å². The second kappa shape index (κ2) is 42.2. The molecule has 29 nitrogen and oxygen atoms in total. The van der Waals surface area contributed by atoms with Crippen LogP contribution in [0.1, 0.15) is 81.7 Å². The van der Waals surface area contributed by atoms with Crippen LogP contribution in [0.3, 0.4) is 0 Å². The van der Waals surface area contributed by atoms with E-state index in [4.69, 9.17) is 73.1 Å². The Balaban J connectivity index is 0.000000198.